The van der Waals surface area contributed by atoms with E-state index in [4.69, 9.17) is 0 Å². The zero-order chi connectivity index (χ0) is 20.2. The highest BCUT2D eigenvalue weighted by Gasteiger charge is 2.25. The number of nitrogens with one attached hydrogen (secondary N) is 2. The molecule has 0 saturated carbocycles. The summed E-state index contributed by atoms with van der Waals surface area (Å²) in [4.78, 5) is 14.3. The van der Waals surface area contributed by atoms with Crippen LogP contribution in [-0.4, -0.2) is 17.6 Å². The third kappa shape index (κ3) is 4.01. The number of hydrazine groups is 1. The van der Waals surface area contributed by atoms with E-state index < -0.39 is 6.10 Å². The number of carbonyl (C=O) groups is 1. The fraction of sp³-hybridized carbons (Fsp3) is 0.208. The molecule has 4 rings (SSSR count). The first-order valence-electron chi connectivity index (χ1n) is 9.92. The van der Waals surface area contributed by atoms with Crippen molar-refractivity contribution in [1.82, 2.24) is 10.9 Å². The number of amides is 1. The highest BCUT2D eigenvalue weighted by atomic mass is 16.3. The van der Waals surface area contributed by atoms with Gasteiger partial charge in [-0.15, -0.1) is 0 Å². The van der Waals surface area contributed by atoms with E-state index in [0.717, 1.165) is 28.1 Å². The fourth-order valence-corrected chi connectivity index (χ4v) is 3.77. The Morgan fingerprint density at radius 3 is 2.45 bits per heavy atom. The number of hydrogen-bond acceptors (Lipinski definition) is 4. The van der Waals surface area contributed by atoms with Gasteiger partial charge in [-0.1, -0.05) is 55.5 Å². The van der Waals surface area contributed by atoms with E-state index in [1.165, 1.54) is 0 Å². The van der Waals surface area contributed by atoms with Crippen LogP contribution in [0.4, 0.5) is 11.4 Å². The summed E-state index contributed by atoms with van der Waals surface area (Å²) >= 11 is 0. The lowest BCUT2D eigenvalue weighted by molar-refractivity contribution is 0.0934. The average molecular weight is 387 g/mol. The maximum absolute atomic E-state index is 12.1. The van der Waals surface area contributed by atoms with Crippen LogP contribution in [0.5, 0.6) is 0 Å². The SMILES string of the molecule is CCNNC(=O)c1ccc(CN2c3ccccc3CC(O)c3ccccc32)cc1. The molecule has 0 aliphatic carbocycles. The van der Waals surface area contributed by atoms with Crippen molar-refractivity contribution in [3.63, 3.8) is 0 Å². The Labute approximate surface area is 171 Å². The van der Waals surface area contributed by atoms with Gasteiger partial charge < -0.3 is 10.0 Å². The van der Waals surface area contributed by atoms with Gasteiger partial charge in [0, 0.05) is 42.0 Å². The number of nitrogens with zero attached hydrogens (tertiary/aromatic N) is 1. The van der Waals surface area contributed by atoms with Crippen LogP contribution in [0.3, 0.4) is 0 Å². The highest BCUT2D eigenvalue weighted by Crippen LogP contribution is 2.40. The van der Waals surface area contributed by atoms with Crippen molar-refractivity contribution in [2.45, 2.75) is 26.0 Å². The van der Waals surface area contributed by atoms with E-state index in [-0.39, 0.29) is 5.91 Å². The van der Waals surface area contributed by atoms with E-state index in [1.807, 2.05) is 61.5 Å². The molecule has 0 bridgehead atoms. The van der Waals surface area contributed by atoms with Gasteiger partial charge in [-0.3, -0.25) is 10.2 Å². The minimum atomic E-state index is -0.533. The minimum Gasteiger partial charge on any atom is -0.388 e. The molecule has 0 saturated heterocycles. The van der Waals surface area contributed by atoms with Crippen molar-refractivity contribution in [2.75, 3.05) is 11.4 Å². The molecule has 1 atom stereocenters. The Bertz CT molecular complexity index is 1000. The highest BCUT2D eigenvalue weighted by molar-refractivity contribution is 5.93. The molecule has 3 aromatic carbocycles. The molecule has 0 spiro atoms. The summed E-state index contributed by atoms with van der Waals surface area (Å²) < 4.78 is 0. The van der Waals surface area contributed by atoms with Gasteiger partial charge in [0.05, 0.1) is 6.10 Å². The smallest absolute Gasteiger partial charge is 0.265 e. The van der Waals surface area contributed by atoms with E-state index in [2.05, 4.69) is 34.0 Å². The predicted octanol–water partition coefficient (Wildman–Crippen LogP) is 3.87. The first-order chi connectivity index (χ1) is 14.2. The van der Waals surface area contributed by atoms with Crippen LogP contribution in [0.2, 0.25) is 0 Å². The molecule has 0 aromatic heterocycles. The van der Waals surface area contributed by atoms with Crippen molar-refractivity contribution < 1.29 is 9.90 Å². The largest absolute Gasteiger partial charge is 0.388 e. The first kappa shape index (κ1) is 19.2. The molecule has 1 aliphatic heterocycles. The van der Waals surface area contributed by atoms with Crippen molar-refractivity contribution in [3.05, 3.63) is 95.1 Å². The summed E-state index contributed by atoms with van der Waals surface area (Å²) in [6.07, 6.45) is 0.0576. The van der Waals surface area contributed by atoms with Crippen LogP contribution in [0, 0.1) is 0 Å². The Morgan fingerprint density at radius 2 is 1.69 bits per heavy atom. The van der Waals surface area contributed by atoms with Gasteiger partial charge in [-0.2, -0.15) is 0 Å². The molecular formula is C24H25N3O2. The second-order valence-electron chi connectivity index (χ2n) is 7.17. The molecule has 5 nitrogen and oxygen atoms in total. The molecular weight excluding hydrogens is 362 g/mol. The third-order valence-electron chi connectivity index (χ3n) is 5.22. The molecule has 3 aromatic rings. The first-order valence-corrected chi connectivity index (χ1v) is 9.92. The van der Waals surface area contributed by atoms with Gasteiger partial charge in [0.1, 0.15) is 0 Å². The molecule has 0 radical (unpaired) electrons. The van der Waals surface area contributed by atoms with Crippen molar-refractivity contribution in [1.29, 1.82) is 0 Å². The fourth-order valence-electron chi connectivity index (χ4n) is 3.77. The summed E-state index contributed by atoms with van der Waals surface area (Å²) in [6.45, 7) is 3.25. The van der Waals surface area contributed by atoms with E-state index in [9.17, 15) is 9.90 Å². The number of para-hydroxylation sites is 2. The van der Waals surface area contributed by atoms with Gasteiger partial charge >= 0.3 is 0 Å². The standard InChI is InChI=1S/C24H25N3O2/c1-2-25-26-24(29)18-13-11-17(12-14-18)16-27-21-9-5-3-7-19(21)15-23(28)20-8-4-6-10-22(20)27/h3-14,23,25,28H,2,15-16H2,1H3,(H,26,29). The van der Waals surface area contributed by atoms with Crippen LogP contribution in [0.15, 0.2) is 72.8 Å². The molecule has 148 valence electrons. The lowest BCUT2D eigenvalue weighted by Gasteiger charge is -2.27. The normalized spacial score (nSPS) is 15.2. The van der Waals surface area contributed by atoms with Crippen LogP contribution in [0.25, 0.3) is 0 Å². The Balaban J connectivity index is 1.66. The van der Waals surface area contributed by atoms with E-state index in [1.54, 1.807) is 0 Å². The lowest BCUT2D eigenvalue weighted by atomic mass is 10.0. The Kier molecular flexibility index (Phi) is 5.60. The minimum absolute atomic E-state index is 0.146. The second kappa shape index (κ2) is 8.47. The summed E-state index contributed by atoms with van der Waals surface area (Å²) in [5.41, 5.74) is 11.4. The number of fused-ring (bicyclic) bond motifs is 2. The number of anilines is 2. The topological polar surface area (TPSA) is 64.6 Å². The zero-order valence-electron chi connectivity index (χ0n) is 16.4. The molecule has 1 aliphatic rings. The number of benzene rings is 3. The van der Waals surface area contributed by atoms with Crippen molar-refractivity contribution in [2.24, 2.45) is 0 Å². The maximum Gasteiger partial charge on any atom is 0.265 e. The number of hydrogen-bond donors (Lipinski definition) is 3. The van der Waals surface area contributed by atoms with Gasteiger partial charge in [0.15, 0.2) is 0 Å². The average Bonchev–Trinajstić information content (AvgIpc) is 2.87. The Hall–Kier alpha value is -3.15. The van der Waals surface area contributed by atoms with E-state index in [0.29, 0.717) is 25.1 Å². The second-order valence-corrected chi connectivity index (χ2v) is 7.17. The van der Waals surface area contributed by atoms with E-state index >= 15 is 0 Å². The third-order valence-corrected chi connectivity index (χ3v) is 5.22. The molecule has 3 N–H and O–H groups in total. The lowest BCUT2D eigenvalue weighted by Crippen LogP contribution is -2.37. The molecule has 1 amide bonds. The molecule has 1 heterocycles. The van der Waals surface area contributed by atoms with Gasteiger partial charge in [0.25, 0.3) is 5.91 Å². The van der Waals surface area contributed by atoms with Gasteiger partial charge in [-0.05, 0) is 35.4 Å². The summed E-state index contributed by atoms with van der Waals surface area (Å²) in [5, 5.41) is 10.8. The van der Waals surface area contributed by atoms with Gasteiger partial charge in [0.2, 0.25) is 0 Å². The van der Waals surface area contributed by atoms with Crippen LogP contribution >= 0.6 is 0 Å². The number of carbonyl (C=O) groups excluding carboxylic acids is 1. The number of aliphatic hydroxyl groups excluding tert-OH is 1. The van der Waals surface area contributed by atoms with Gasteiger partial charge in [-0.25, -0.2) is 5.43 Å². The van der Waals surface area contributed by atoms with Crippen LogP contribution in [0.1, 0.15) is 40.1 Å². The molecule has 29 heavy (non-hydrogen) atoms. The predicted molar refractivity (Wildman–Crippen MR) is 115 cm³/mol. The summed E-state index contributed by atoms with van der Waals surface area (Å²) in [7, 11) is 0. The Morgan fingerprint density at radius 1 is 1.00 bits per heavy atom. The van der Waals surface area contributed by atoms with Crippen LogP contribution < -0.4 is 15.8 Å². The maximum atomic E-state index is 12.1. The molecule has 1 unspecified atom stereocenters. The zero-order valence-corrected chi connectivity index (χ0v) is 16.4. The van der Waals surface area contributed by atoms with Crippen molar-refractivity contribution in [3.8, 4) is 0 Å². The summed E-state index contributed by atoms with van der Waals surface area (Å²) in [6, 6.07) is 23.9. The summed E-state index contributed by atoms with van der Waals surface area (Å²) in [5.74, 6) is -0.146. The molecule has 0 fully saturated rings. The monoisotopic (exact) mass is 387 g/mol. The number of aliphatic hydroxyl groups is 1. The van der Waals surface area contributed by atoms with Crippen LogP contribution in [-0.2, 0) is 13.0 Å². The molecule has 5 heteroatoms. The quantitative estimate of drug-likeness (QED) is 0.582. The number of rotatable bonds is 5. The van der Waals surface area contributed by atoms with Crippen molar-refractivity contribution >= 4 is 17.3 Å².